The van der Waals surface area contributed by atoms with Crippen molar-refractivity contribution in [3.05, 3.63) is 84.4 Å². The molecule has 3 aromatic rings. The molecule has 0 aromatic heterocycles. The molecule has 3 aromatic carbocycles. The van der Waals surface area contributed by atoms with E-state index in [1.807, 2.05) is 78.9 Å². The van der Waals surface area contributed by atoms with Crippen LogP contribution in [-0.4, -0.2) is 12.5 Å². The first kappa shape index (κ1) is 17.7. The molecule has 0 unspecified atom stereocenters. The Morgan fingerprint density at radius 3 is 2.23 bits per heavy atom. The Morgan fingerprint density at radius 2 is 1.54 bits per heavy atom. The molecule has 3 heteroatoms. The Morgan fingerprint density at radius 1 is 0.885 bits per heavy atom. The van der Waals surface area contributed by atoms with Gasteiger partial charge in [-0.3, -0.25) is 4.79 Å². The zero-order valence-corrected chi connectivity index (χ0v) is 15.1. The molecule has 0 fully saturated rings. The smallest absolute Gasteiger partial charge is 0.262 e. The van der Waals surface area contributed by atoms with Crippen LogP contribution in [0.2, 0.25) is 0 Å². The zero-order valence-electron chi connectivity index (χ0n) is 15.1. The molecular weight excluding hydrogens is 322 g/mol. The second-order valence-electron chi connectivity index (χ2n) is 6.47. The van der Waals surface area contributed by atoms with Gasteiger partial charge >= 0.3 is 0 Å². The summed E-state index contributed by atoms with van der Waals surface area (Å²) in [5, 5.41) is 2.94. The molecule has 3 rings (SSSR count). The maximum atomic E-state index is 12.3. The Balaban J connectivity index is 1.64. The van der Waals surface area contributed by atoms with E-state index < -0.39 is 0 Å². The average molecular weight is 345 g/mol. The Hall–Kier alpha value is -3.07. The first-order valence-corrected chi connectivity index (χ1v) is 8.80. The van der Waals surface area contributed by atoms with Crippen LogP contribution in [0, 0.1) is 0 Å². The molecule has 0 bridgehead atoms. The highest BCUT2D eigenvalue weighted by Crippen LogP contribution is 2.27. The van der Waals surface area contributed by atoms with Crippen molar-refractivity contribution >= 4 is 11.6 Å². The van der Waals surface area contributed by atoms with Crippen LogP contribution >= 0.6 is 0 Å². The lowest BCUT2D eigenvalue weighted by Gasteiger charge is -2.12. The van der Waals surface area contributed by atoms with Gasteiger partial charge in [-0.1, -0.05) is 74.5 Å². The lowest BCUT2D eigenvalue weighted by molar-refractivity contribution is -0.118. The van der Waals surface area contributed by atoms with E-state index in [0.29, 0.717) is 11.7 Å². The molecule has 1 amide bonds. The van der Waals surface area contributed by atoms with Crippen molar-refractivity contribution in [2.45, 2.75) is 19.8 Å². The van der Waals surface area contributed by atoms with Gasteiger partial charge < -0.3 is 10.1 Å². The minimum absolute atomic E-state index is 0.0237. The standard InChI is InChI=1S/C23H23NO2/c1-17(2)18-12-14-20(15-13-18)26-16-23(25)24-22-11-7-6-10-21(22)19-8-4-3-5-9-19/h3-15,17H,16H2,1-2H3,(H,24,25). The number of ether oxygens (including phenoxy) is 1. The predicted octanol–water partition coefficient (Wildman–Crippen LogP) is 5.49. The van der Waals surface area contributed by atoms with Crippen molar-refractivity contribution in [3.8, 4) is 16.9 Å². The minimum atomic E-state index is -0.179. The summed E-state index contributed by atoms with van der Waals surface area (Å²) in [5.74, 6) is 0.990. The second kappa shape index (κ2) is 8.34. The summed E-state index contributed by atoms with van der Waals surface area (Å²) in [4.78, 5) is 12.3. The summed E-state index contributed by atoms with van der Waals surface area (Å²) in [5.41, 5.74) is 4.08. The second-order valence-corrected chi connectivity index (χ2v) is 6.47. The third kappa shape index (κ3) is 4.51. The molecule has 3 nitrogen and oxygen atoms in total. The van der Waals surface area contributed by atoms with Crippen molar-refractivity contribution in [2.75, 3.05) is 11.9 Å². The van der Waals surface area contributed by atoms with Crippen molar-refractivity contribution in [1.29, 1.82) is 0 Å². The van der Waals surface area contributed by atoms with Gasteiger partial charge in [-0.15, -0.1) is 0 Å². The molecule has 0 aliphatic carbocycles. The maximum Gasteiger partial charge on any atom is 0.262 e. The number of carbonyl (C=O) groups excluding carboxylic acids is 1. The van der Waals surface area contributed by atoms with E-state index >= 15 is 0 Å². The van der Waals surface area contributed by atoms with Crippen LogP contribution in [0.3, 0.4) is 0 Å². The first-order valence-electron chi connectivity index (χ1n) is 8.80. The van der Waals surface area contributed by atoms with Crippen molar-refractivity contribution in [1.82, 2.24) is 0 Å². The third-order valence-electron chi connectivity index (χ3n) is 4.20. The van der Waals surface area contributed by atoms with Gasteiger partial charge in [-0.05, 0) is 35.2 Å². The molecular formula is C23H23NO2. The fraction of sp³-hybridized carbons (Fsp3) is 0.174. The first-order chi connectivity index (χ1) is 12.6. The van der Waals surface area contributed by atoms with Gasteiger partial charge in [0.15, 0.2) is 6.61 Å². The fourth-order valence-electron chi connectivity index (χ4n) is 2.75. The van der Waals surface area contributed by atoms with Crippen LogP contribution in [0.4, 0.5) is 5.69 Å². The number of amides is 1. The van der Waals surface area contributed by atoms with Crippen LogP contribution in [0.15, 0.2) is 78.9 Å². The van der Waals surface area contributed by atoms with Gasteiger partial charge in [0.1, 0.15) is 5.75 Å². The molecule has 26 heavy (non-hydrogen) atoms. The van der Waals surface area contributed by atoms with Gasteiger partial charge in [-0.2, -0.15) is 0 Å². The normalized spacial score (nSPS) is 10.6. The number of anilines is 1. The van der Waals surface area contributed by atoms with Crippen LogP contribution in [-0.2, 0) is 4.79 Å². The highest BCUT2D eigenvalue weighted by molar-refractivity contribution is 5.96. The summed E-state index contributed by atoms with van der Waals surface area (Å²) in [6.07, 6.45) is 0. The molecule has 1 N–H and O–H groups in total. The van der Waals surface area contributed by atoms with Crippen LogP contribution in [0.5, 0.6) is 5.75 Å². The monoisotopic (exact) mass is 345 g/mol. The highest BCUT2D eigenvalue weighted by Gasteiger charge is 2.09. The summed E-state index contributed by atoms with van der Waals surface area (Å²) >= 11 is 0. The van der Waals surface area contributed by atoms with E-state index in [1.54, 1.807) is 0 Å². The summed E-state index contributed by atoms with van der Waals surface area (Å²) in [6.45, 7) is 4.27. The topological polar surface area (TPSA) is 38.3 Å². The molecule has 0 aliphatic rings. The van der Waals surface area contributed by atoms with Gasteiger partial charge in [-0.25, -0.2) is 0 Å². The van der Waals surface area contributed by atoms with E-state index in [1.165, 1.54) is 5.56 Å². The van der Waals surface area contributed by atoms with E-state index in [0.717, 1.165) is 16.8 Å². The summed E-state index contributed by atoms with van der Waals surface area (Å²) < 4.78 is 5.61. The number of nitrogens with one attached hydrogen (secondary N) is 1. The summed E-state index contributed by atoms with van der Waals surface area (Å²) in [7, 11) is 0. The average Bonchev–Trinajstić information content (AvgIpc) is 2.68. The van der Waals surface area contributed by atoms with Crippen LogP contribution in [0.1, 0.15) is 25.3 Å². The van der Waals surface area contributed by atoms with E-state index in [4.69, 9.17) is 4.74 Å². The molecule has 0 saturated heterocycles. The molecule has 132 valence electrons. The molecule has 0 radical (unpaired) electrons. The van der Waals surface area contributed by atoms with Crippen molar-refractivity contribution < 1.29 is 9.53 Å². The predicted molar refractivity (Wildman–Crippen MR) is 107 cm³/mol. The van der Waals surface area contributed by atoms with Gasteiger partial charge in [0.05, 0.1) is 0 Å². The number of hydrogen-bond donors (Lipinski definition) is 1. The van der Waals surface area contributed by atoms with Gasteiger partial charge in [0, 0.05) is 11.3 Å². The quantitative estimate of drug-likeness (QED) is 0.641. The van der Waals surface area contributed by atoms with Crippen molar-refractivity contribution in [2.24, 2.45) is 0 Å². The minimum Gasteiger partial charge on any atom is -0.484 e. The van der Waals surface area contributed by atoms with E-state index in [-0.39, 0.29) is 12.5 Å². The fourth-order valence-corrected chi connectivity index (χ4v) is 2.75. The van der Waals surface area contributed by atoms with Crippen LogP contribution < -0.4 is 10.1 Å². The molecule has 0 aliphatic heterocycles. The lowest BCUT2D eigenvalue weighted by Crippen LogP contribution is -2.20. The number of benzene rings is 3. The highest BCUT2D eigenvalue weighted by atomic mass is 16.5. The molecule has 0 spiro atoms. The Labute approximate surface area is 154 Å². The summed E-state index contributed by atoms with van der Waals surface area (Å²) in [6, 6.07) is 25.6. The number of hydrogen-bond acceptors (Lipinski definition) is 2. The Bertz CT molecular complexity index is 855. The number of carbonyl (C=O) groups is 1. The number of para-hydroxylation sites is 1. The number of rotatable bonds is 6. The Kier molecular flexibility index (Phi) is 5.69. The van der Waals surface area contributed by atoms with E-state index in [2.05, 4.69) is 19.2 Å². The van der Waals surface area contributed by atoms with E-state index in [9.17, 15) is 4.79 Å². The molecule has 0 heterocycles. The third-order valence-corrected chi connectivity index (χ3v) is 4.20. The van der Waals surface area contributed by atoms with Crippen LogP contribution in [0.25, 0.3) is 11.1 Å². The zero-order chi connectivity index (χ0) is 18.4. The van der Waals surface area contributed by atoms with Crippen molar-refractivity contribution in [3.63, 3.8) is 0 Å². The largest absolute Gasteiger partial charge is 0.484 e. The maximum absolute atomic E-state index is 12.3. The van der Waals surface area contributed by atoms with Gasteiger partial charge in [0.2, 0.25) is 0 Å². The lowest BCUT2D eigenvalue weighted by atomic mass is 10.0. The molecule has 0 saturated carbocycles. The SMILES string of the molecule is CC(C)c1ccc(OCC(=O)Nc2ccccc2-c2ccccc2)cc1. The van der Waals surface area contributed by atoms with Gasteiger partial charge in [0.25, 0.3) is 5.91 Å². The molecule has 0 atom stereocenters.